The standard InChI is InChI=1S/C25H22F2N4O3/c26-18-7-8-19(27)20(10-18)29-25(34)30-12-21-24(22(14-32)31(21)23(33)13-30)16-5-3-15(4-6-16)17-2-1-9-28-11-17/h1-11,21-22,24,32H,12-14H2,(H,29,34)/t21-,22+,24+/m0/s1. The van der Waals surface area contributed by atoms with Crippen molar-refractivity contribution in [3.05, 3.63) is 84.2 Å². The number of nitrogens with one attached hydrogen (secondary N) is 1. The van der Waals surface area contributed by atoms with Gasteiger partial charge in [0.25, 0.3) is 0 Å². The third kappa shape index (κ3) is 3.88. The molecule has 2 saturated heterocycles. The highest BCUT2D eigenvalue weighted by Crippen LogP contribution is 2.43. The highest BCUT2D eigenvalue weighted by Gasteiger charge is 2.54. The number of rotatable bonds is 4. The second-order valence-electron chi connectivity index (χ2n) is 8.44. The van der Waals surface area contributed by atoms with Gasteiger partial charge in [0.15, 0.2) is 0 Å². The first kappa shape index (κ1) is 22.0. The van der Waals surface area contributed by atoms with Gasteiger partial charge >= 0.3 is 6.03 Å². The predicted molar refractivity (Wildman–Crippen MR) is 121 cm³/mol. The average molecular weight is 464 g/mol. The molecule has 0 bridgehead atoms. The van der Waals surface area contributed by atoms with E-state index in [-0.39, 0.29) is 49.3 Å². The van der Waals surface area contributed by atoms with Crippen LogP contribution < -0.4 is 5.32 Å². The number of hydrogen-bond donors (Lipinski definition) is 2. The van der Waals surface area contributed by atoms with Crippen LogP contribution in [0.2, 0.25) is 0 Å². The predicted octanol–water partition coefficient (Wildman–Crippen LogP) is 3.23. The van der Waals surface area contributed by atoms with Crippen molar-refractivity contribution in [3.8, 4) is 11.1 Å². The van der Waals surface area contributed by atoms with Crippen LogP contribution >= 0.6 is 0 Å². The number of urea groups is 1. The fourth-order valence-electron chi connectivity index (χ4n) is 4.87. The summed E-state index contributed by atoms with van der Waals surface area (Å²) in [5.74, 6) is -1.92. The summed E-state index contributed by atoms with van der Waals surface area (Å²) in [5.41, 5.74) is 2.62. The topological polar surface area (TPSA) is 85.8 Å². The maximum atomic E-state index is 14.0. The van der Waals surface area contributed by atoms with E-state index in [2.05, 4.69) is 10.3 Å². The number of aliphatic hydroxyl groups excluding tert-OH is 1. The number of pyridine rings is 1. The van der Waals surface area contributed by atoms with Gasteiger partial charge < -0.3 is 20.2 Å². The molecule has 2 aromatic carbocycles. The molecule has 0 unspecified atom stereocenters. The number of nitrogens with zero attached hydrogens (tertiary/aromatic N) is 3. The molecular formula is C25H22F2N4O3. The first-order valence-electron chi connectivity index (χ1n) is 10.9. The van der Waals surface area contributed by atoms with Crippen molar-refractivity contribution >= 4 is 17.6 Å². The highest BCUT2D eigenvalue weighted by molar-refractivity contribution is 5.94. The van der Waals surface area contributed by atoms with Crippen molar-refractivity contribution in [2.75, 3.05) is 25.0 Å². The summed E-state index contributed by atoms with van der Waals surface area (Å²) in [6.07, 6.45) is 3.48. The minimum absolute atomic E-state index is 0.168. The number of amides is 3. The number of piperazine rings is 1. The lowest BCUT2D eigenvalue weighted by Gasteiger charge is -2.58. The molecular weight excluding hydrogens is 442 g/mol. The van der Waals surface area contributed by atoms with Gasteiger partial charge in [-0.1, -0.05) is 30.3 Å². The van der Waals surface area contributed by atoms with Gasteiger partial charge in [0.1, 0.15) is 18.2 Å². The van der Waals surface area contributed by atoms with Crippen LogP contribution in [0.15, 0.2) is 67.0 Å². The molecule has 7 nitrogen and oxygen atoms in total. The number of benzene rings is 2. The fraction of sp³-hybridized carbons (Fsp3) is 0.240. The van der Waals surface area contributed by atoms with E-state index in [1.54, 1.807) is 17.3 Å². The number of carbonyl (C=O) groups is 2. The molecule has 5 rings (SSSR count). The molecule has 2 aliphatic rings. The number of aromatic nitrogens is 1. The van der Waals surface area contributed by atoms with Crippen molar-refractivity contribution in [2.24, 2.45) is 0 Å². The van der Waals surface area contributed by atoms with Gasteiger partial charge in [-0.3, -0.25) is 9.78 Å². The average Bonchev–Trinajstić information content (AvgIpc) is 2.83. The third-order valence-corrected chi connectivity index (χ3v) is 6.50. The van der Waals surface area contributed by atoms with Crippen LogP contribution in [0, 0.1) is 11.6 Å². The number of hydrogen-bond acceptors (Lipinski definition) is 4. The van der Waals surface area contributed by atoms with Crippen molar-refractivity contribution in [2.45, 2.75) is 18.0 Å². The lowest BCUT2D eigenvalue weighted by molar-refractivity contribution is -0.159. The quantitative estimate of drug-likeness (QED) is 0.621. The Morgan fingerprint density at radius 3 is 2.62 bits per heavy atom. The zero-order chi connectivity index (χ0) is 23.8. The zero-order valence-electron chi connectivity index (χ0n) is 18.1. The van der Waals surface area contributed by atoms with Gasteiger partial charge in [0.2, 0.25) is 5.91 Å². The molecule has 3 atom stereocenters. The molecule has 3 heterocycles. The van der Waals surface area contributed by atoms with E-state index in [1.807, 2.05) is 36.4 Å². The van der Waals surface area contributed by atoms with Crippen LogP contribution in [0.4, 0.5) is 19.3 Å². The molecule has 2 fully saturated rings. The molecule has 174 valence electrons. The van der Waals surface area contributed by atoms with Gasteiger partial charge in [0.05, 0.1) is 24.4 Å². The summed E-state index contributed by atoms with van der Waals surface area (Å²) in [6, 6.07) is 13.0. The van der Waals surface area contributed by atoms with Gasteiger partial charge in [0, 0.05) is 30.9 Å². The highest BCUT2D eigenvalue weighted by atomic mass is 19.1. The second-order valence-corrected chi connectivity index (χ2v) is 8.44. The summed E-state index contributed by atoms with van der Waals surface area (Å²) in [4.78, 5) is 32.6. The lowest BCUT2D eigenvalue weighted by atomic mass is 9.73. The van der Waals surface area contributed by atoms with Crippen molar-refractivity contribution < 1.29 is 23.5 Å². The Balaban J connectivity index is 1.35. The monoisotopic (exact) mass is 464 g/mol. The summed E-state index contributed by atoms with van der Waals surface area (Å²) >= 11 is 0. The molecule has 3 amide bonds. The molecule has 0 aliphatic carbocycles. The minimum Gasteiger partial charge on any atom is -0.394 e. The van der Waals surface area contributed by atoms with Crippen LogP contribution in [-0.4, -0.2) is 63.6 Å². The molecule has 1 aromatic heterocycles. The molecule has 2 N–H and O–H groups in total. The summed E-state index contributed by atoms with van der Waals surface area (Å²) in [6.45, 7) is -0.194. The Morgan fingerprint density at radius 1 is 1.12 bits per heavy atom. The molecule has 2 aliphatic heterocycles. The van der Waals surface area contributed by atoms with E-state index in [1.165, 1.54) is 4.90 Å². The normalized spacial score (nSPS) is 21.6. The van der Waals surface area contributed by atoms with Crippen LogP contribution in [0.5, 0.6) is 0 Å². The fourth-order valence-corrected chi connectivity index (χ4v) is 4.87. The molecule has 0 spiro atoms. The number of fused-ring (bicyclic) bond motifs is 1. The first-order chi connectivity index (χ1) is 16.5. The van der Waals surface area contributed by atoms with E-state index in [4.69, 9.17) is 0 Å². The Hall–Kier alpha value is -3.85. The van der Waals surface area contributed by atoms with Gasteiger partial charge in [-0.25, -0.2) is 13.6 Å². The lowest BCUT2D eigenvalue weighted by Crippen LogP contribution is -2.73. The minimum atomic E-state index is -0.768. The van der Waals surface area contributed by atoms with E-state index in [0.29, 0.717) is 0 Å². The first-order valence-corrected chi connectivity index (χ1v) is 10.9. The molecule has 0 saturated carbocycles. The SMILES string of the molecule is O=C(Nc1cc(F)ccc1F)N1CC(=O)N2[C@H](CO)[C@H](c3ccc(-c4cccnc4)cc3)[C@@H]2C1. The van der Waals surface area contributed by atoms with Crippen molar-refractivity contribution in [1.29, 1.82) is 0 Å². The third-order valence-electron chi connectivity index (χ3n) is 6.50. The Bertz CT molecular complexity index is 1220. The number of aliphatic hydroxyl groups is 1. The van der Waals surface area contributed by atoms with Gasteiger partial charge in [-0.2, -0.15) is 0 Å². The molecule has 0 radical (unpaired) electrons. The Kier molecular flexibility index (Phi) is 5.70. The number of anilines is 1. The Morgan fingerprint density at radius 2 is 1.91 bits per heavy atom. The van der Waals surface area contributed by atoms with E-state index in [0.717, 1.165) is 34.9 Å². The zero-order valence-corrected chi connectivity index (χ0v) is 18.1. The molecule has 34 heavy (non-hydrogen) atoms. The van der Waals surface area contributed by atoms with Gasteiger partial charge in [-0.05, 0) is 34.9 Å². The summed E-state index contributed by atoms with van der Waals surface area (Å²) in [7, 11) is 0. The van der Waals surface area contributed by atoms with Crippen molar-refractivity contribution in [3.63, 3.8) is 0 Å². The number of halogens is 2. The second kappa shape index (κ2) is 8.83. The largest absolute Gasteiger partial charge is 0.394 e. The van der Waals surface area contributed by atoms with Crippen LogP contribution in [0.1, 0.15) is 11.5 Å². The van der Waals surface area contributed by atoms with Crippen LogP contribution in [0.3, 0.4) is 0 Å². The van der Waals surface area contributed by atoms with Crippen molar-refractivity contribution in [1.82, 2.24) is 14.8 Å². The molecule has 3 aromatic rings. The smallest absolute Gasteiger partial charge is 0.322 e. The maximum Gasteiger partial charge on any atom is 0.322 e. The maximum absolute atomic E-state index is 14.0. The van der Waals surface area contributed by atoms with E-state index >= 15 is 0 Å². The molecule has 9 heteroatoms. The van der Waals surface area contributed by atoms with E-state index < -0.39 is 17.7 Å². The Labute approximate surface area is 194 Å². The van der Waals surface area contributed by atoms with E-state index in [9.17, 15) is 23.5 Å². The van der Waals surface area contributed by atoms with Crippen LogP contribution in [-0.2, 0) is 4.79 Å². The van der Waals surface area contributed by atoms with Gasteiger partial charge in [-0.15, -0.1) is 0 Å². The summed E-state index contributed by atoms with van der Waals surface area (Å²) < 4.78 is 27.4. The van der Waals surface area contributed by atoms with Crippen LogP contribution in [0.25, 0.3) is 11.1 Å². The number of carbonyl (C=O) groups excluding carboxylic acids is 2. The summed E-state index contributed by atoms with van der Waals surface area (Å²) in [5, 5.41) is 12.3.